The van der Waals surface area contributed by atoms with Gasteiger partial charge in [-0.1, -0.05) is 32.1 Å². The van der Waals surface area contributed by atoms with Crippen LogP contribution in [-0.2, 0) is 9.53 Å². The van der Waals surface area contributed by atoms with E-state index in [0.29, 0.717) is 13.0 Å². The van der Waals surface area contributed by atoms with E-state index in [9.17, 15) is 15.0 Å². The molecule has 0 unspecified atom stereocenters. The van der Waals surface area contributed by atoms with Gasteiger partial charge in [0.2, 0.25) is 0 Å². The van der Waals surface area contributed by atoms with E-state index in [1.165, 1.54) is 11.6 Å². The standard InChI is InChI=1S/C20H32O4/c1-5-24-18(23)8-6-7-15-14(2)9-10-16-19(15,3)12-11-17(22)20(16,4)13-21/h6,8,15-17,21-22H,2,5,7,9-13H2,1,3-4H3/b8-6+/t15-,16+,17-,19+,20+/m1/s1. The van der Waals surface area contributed by atoms with Crippen LogP contribution in [0.4, 0.5) is 0 Å². The predicted octanol–water partition coefficient (Wildman–Crippen LogP) is 3.24. The van der Waals surface area contributed by atoms with E-state index in [2.05, 4.69) is 13.5 Å². The largest absolute Gasteiger partial charge is 0.463 e. The first kappa shape index (κ1) is 19.2. The van der Waals surface area contributed by atoms with Crippen molar-refractivity contribution < 1.29 is 19.7 Å². The summed E-state index contributed by atoms with van der Waals surface area (Å²) in [7, 11) is 0. The van der Waals surface area contributed by atoms with E-state index >= 15 is 0 Å². The molecule has 5 atom stereocenters. The summed E-state index contributed by atoms with van der Waals surface area (Å²) in [6.07, 6.45) is 7.20. The zero-order valence-corrected chi connectivity index (χ0v) is 15.3. The number of fused-ring (bicyclic) bond motifs is 1. The summed E-state index contributed by atoms with van der Waals surface area (Å²) in [5.41, 5.74) is 0.751. The highest BCUT2D eigenvalue weighted by molar-refractivity contribution is 5.81. The molecule has 0 saturated heterocycles. The lowest BCUT2D eigenvalue weighted by molar-refractivity contribution is -0.151. The number of rotatable bonds is 5. The molecule has 4 heteroatoms. The molecule has 24 heavy (non-hydrogen) atoms. The molecule has 0 radical (unpaired) electrons. The first-order chi connectivity index (χ1) is 11.3. The van der Waals surface area contributed by atoms with E-state index in [1.54, 1.807) is 6.92 Å². The van der Waals surface area contributed by atoms with Gasteiger partial charge in [0.05, 0.1) is 19.3 Å². The van der Waals surface area contributed by atoms with E-state index < -0.39 is 11.5 Å². The maximum atomic E-state index is 11.5. The molecular weight excluding hydrogens is 304 g/mol. The topological polar surface area (TPSA) is 66.8 Å². The summed E-state index contributed by atoms with van der Waals surface area (Å²) in [5, 5.41) is 20.5. The summed E-state index contributed by atoms with van der Waals surface area (Å²) >= 11 is 0. The Bertz CT molecular complexity index is 512. The first-order valence-corrected chi connectivity index (χ1v) is 9.09. The number of aliphatic hydroxyl groups is 2. The molecule has 0 amide bonds. The molecule has 2 aliphatic rings. The quantitative estimate of drug-likeness (QED) is 0.459. The van der Waals surface area contributed by atoms with Crippen molar-refractivity contribution in [3.63, 3.8) is 0 Å². The van der Waals surface area contributed by atoms with Gasteiger partial charge in [-0.3, -0.25) is 0 Å². The van der Waals surface area contributed by atoms with Crippen LogP contribution in [0.15, 0.2) is 24.3 Å². The van der Waals surface area contributed by atoms with Crippen LogP contribution < -0.4 is 0 Å². The third-order valence-corrected chi connectivity index (χ3v) is 6.61. The van der Waals surface area contributed by atoms with Gasteiger partial charge in [0.1, 0.15) is 0 Å². The highest BCUT2D eigenvalue weighted by Gasteiger charge is 2.57. The third kappa shape index (κ3) is 3.31. The monoisotopic (exact) mass is 336 g/mol. The smallest absolute Gasteiger partial charge is 0.330 e. The Hall–Kier alpha value is -1.13. The van der Waals surface area contributed by atoms with Gasteiger partial charge < -0.3 is 14.9 Å². The molecular formula is C20H32O4. The fraction of sp³-hybridized carbons (Fsp3) is 0.750. The van der Waals surface area contributed by atoms with Gasteiger partial charge in [-0.05, 0) is 56.3 Å². The molecule has 0 aromatic carbocycles. The van der Waals surface area contributed by atoms with Crippen LogP contribution in [0, 0.1) is 22.7 Å². The molecule has 0 aromatic rings. The molecule has 4 nitrogen and oxygen atoms in total. The van der Waals surface area contributed by atoms with Crippen molar-refractivity contribution in [2.75, 3.05) is 13.2 Å². The second kappa shape index (κ2) is 7.40. The zero-order valence-electron chi connectivity index (χ0n) is 15.3. The van der Waals surface area contributed by atoms with Crippen molar-refractivity contribution in [1.29, 1.82) is 0 Å². The highest BCUT2D eigenvalue weighted by Crippen LogP contribution is 2.61. The second-order valence-corrected chi connectivity index (χ2v) is 7.92. The van der Waals surface area contributed by atoms with Gasteiger partial charge in [-0.15, -0.1) is 0 Å². The Kier molecular flexibility index (Phi) is 5.92. The van der Waals surface area contributed by atoms with Crippen LogP contribution in [0.25, 0.3) is 0 Å². The lowest BCUT2D eigenvalue weighted by Gasteiger charge is -2.59. The number of allylic oxidation sites excluding steroid dienone is 2. The highest BCUT2D eigenvalue weighted by atomic mass is 16.5. The minimum Gasteiger partial charge on any atom is -0.463 e. The van der Waals surface area contributed by atoms with Crippen LogP contribution >= 0.6 is 0 Å². The van der Waals surface area contributed by atoms with Crippen molar-refractivity contribution in [3.8, 4) is 0 Å². The zero-order chi connectivity index (χ0) is 18.0. The molecule has 0 aliphatic heterocycles. The van der Waals surface area contributed by atoms with Crippen LogP contribution in [0.3, 0.4) is 0 Å². The Labute approximate surface area is 145 Å². The molecule has 0 spiro atoms. The molecule has 2 rings (SSSR count). The van der Waals surface area contributed by atoms with Gasteiger partial charge in [-0.2, -0.15) is 0 Å². The average molecular weight is 336 g/mol. The summed E-state index contributed by atoms with van der Waals surface area (Å²) < 4.78 is 4.94. The molecule has 0 bridgehead atoms. The minimum absolute atomic E-state index is 0.00623. The predicted molar refractivity (Wildman–Crippen MR) is 94.3 cm³/mol. The maximum absolute atomic E-state index is 11.5. The number of carbonyl (C=O) groups is 1. The van der Waals surface area contributed by atoms with E-state index in [1.807, 2.05) is 13.0 Å². The van der Waals surface area contributed by atoms with Gasteiger partial charge >= 0.3 is 5.97 Å². The molecule has 0 aromatic heterocycles. The molecule has 2 aliphatic carbocycles. The summed E-state index contributed by atoms with van der Waals surface area (Å²) in [6, 6.07) is 0. The van der Waals surface area contributed by atoms with E-state index in [-0.39, 0.29) is 29.8 Å². The fourth-order valence-corrected chi connectivity index (χ4v) is 5.13. The third-order valence-electron chi connectivity index (χ3n) is 6.61. The molecule has 136 valence electrons. The summed E-state index contributed by atoms with van der Waals surface area (Å²) in [6.45, 7) is 10.7. The molecule has 2 saturated carbocycles. The van der Waals surface area contributed by atoms with Gasteiger partial charge in [0.15, 0.2) is 0 Å². The van der Waals surface area contributed by atoms with Crippen LogP contribution in [0.2, 0.25) is 0 Å². The number of ether oxygens (including phenoxy) is 1. The Morgan fingerprint density at radius 2 is 2.12 bits per heavy atom. The van der Waals surface area contributed by atoms with Crippen molar-refractivity contribution in [3.05, 3.63) is 24.3 Å². The van der Waals surface area contributed by atoms with Gasteiger partial charge in [0.25, 0.3) is 0 Å². The normalized spacial score (nSPS) is 39.7. The Morgan fingerprint density at radius 1 is 1.42 bits per heavy atom. The van der Waals surface area contributed by atoms with E-state index in [4.69, 9.17) is 4.74 Å². The van der Waals surface area contributed by atoms with Crippen molar-refractivity contribution in [2.45, 2.75) is 59.0 Å². The fourth-order valence-electron chi connectivity index (χ4n) is 5.13. The van der Waals surface area contributed by atoms with Crippen LogP contribution in [0.1, 0.15) is 52.9 Å². The minimum atomic E-state index is -0.462. The SMILES string of the molecule is C=C1CC[C@@H]2[C@](C)(CO)[C@H](O)CC[C@@]2(C)[C@@H]1C/C=C/C(=O)OCC. The van der Waals surface area contributed by atoms with Gasteiger partial charge in [-0.25, -0.2) is 4.79 Å². The van der Waals surface area contributed by atoms with Crippen LogP contribution in [-0.4, -0.2) is 35.5 Å². The maximum Gasteiger partial charge on any atom is 0.330 e. The van der Waals surface area contributed by atoms with Crippen molar-refractivity contribution >= 4 is 5.97 Å². The Balaban J connectivity index is 2.21. The number of aliphatic hydroxyl groups excluding tert-OH is 2. The summed E-state index contributed by atoms with van der Waals surface area (Å²) in [5.74, 6) is 0.213. The van der Waals surface area contributed by atoms with E-state index in [0.717, 1.165) is 25.7 Å². The average Bonchev–Trinajstić information content (AvgIpc) is 2.54. The lowest BCUT2D eigenvalue weighted by atomic mass is 9.46. The summed E-state index contributed by atoms with van der Waals surface area (Å²) in [4.78, 5) is 11.5. The molecule has 2 N–H and O–H groups in total. The van der Waals surface area contributed by atoms with Crippen molar-refractivity contribution in [1.82, 2.24) is 0 Å². The van der Waals surface area contributed by atoms with Crippen LogP contribution in [0.5, 0.6) is 0 Å². The lowest BCUT2D eigenvalue weighted by Crippen LogP contribution is -2.57. The number of hydrogen-bond donors (Lipinski definition) is 2. The molecule has 2 fully saturated rings. The molecule has 0 heterocycles. The number of esters is 1. The number of hydrogen-bond acceptors (Lipinski definition) is 4. The van der Waals surface area contributed by atoms with Crippen molar-refractivity contribution in [2.24, 2.45) is 22.7 Å². The van der Waals surface area contributed by atoms with Gasteiger partial charge in [0, 0.05) is 11.5 Å². The second-order valence-electron chi connectivity index (χ2n) is 7.92. The Morgan fingerprint density at radius 3 is 2.75 bits per heavy atom. The number of carbonyl (C=O) groups excluding carboxylic acids is 1. The first-order valence-electron chi connectivity index (χ1n) is 9.09.